The summed E-state index contributed by atoms with van der Waals surface area (Å²) in [6, 6.07) is 0. The molecule has 784 valence electrons. The van der Waals surface area contributed by atoms with E-state index in [0.717, 1.165) is 0 Å². The standard InChI is InChI=1S/C70H126O56S7.7Na/c71-43-50(78)64-113-36(29-106-15-1-8-22-127(85,86)87)57(43)120-65-51(79)44(72)59(38(114-65)31-108-17-3-10-24-129(91,92)93)122-67-53(81)46(74)61(40(116-67)33-110-19-5-12-26-131(97,98)99)124-69-55(83)48(76)63(42(118-69)35-112-21-7-14-28-133(103,104)105)126-70-56(84)49(77)62(41(119-70)34-111-20-6-13-27-132(100,101)102)125-68-54(82)47(75)60(39(117-68)32-109-18-4-11-25-130(94,95)96)123-66-52(80)45(73)58(121-64)37(115-66)30-107-16-2-9-23-128(88,89)90;;;;;;;/h36-84H,1-35H2,(H,85,86,87)(H,88,89,90)(H,91,92,93)(H,94,95,96)(H,97,98,99)(H,100,101,102)(H,103,104,105);;;;;;;/q;7*+1/p-7/t36?,37?,38?,39?,40?,41?,42?,43-,44-,45-,46-,47-,48-,49-,50?,51?,52?,53?,54?,55?,56?,57-,58-,59-,60-,61-,62-,63-,64-,65-,66-,67-,68-,69-,70+;;;;;;;/m1......./s1. The second-order valence-electron chi connectivity index (χ2n) is 32.7. The van der Waals surface area contributed by atoms with Crippen LogP contribution in [0.25, 0.3) is 0 Å². The molecule has 21 rings (SSSR count). The minimum absolute atomic E-state index is 0. The summed E-state index contributed by atoms with van der Waals surface area (Å²) in [5.74, 6) is -6.14. The van der Waals surface area contributed by atoms with Gasteiger partial charge in [-0.15, -0.1) is 0 Å². The van der Waals surface area contributed by atoms with Gasteiger partial charge in [-0.25, -0.2) is 58.9 Å². The third-order valence-electron chi connectivity index (χ3n) is 22.0. The molecule has 21 aliphatic heterocycles. The van der Waals surface area contributed by atoms with Crippen molar-refractivity contribution in [3.05, 3.63) is 0 Å². The van der Waals surface area contributed by atoms with Crippen molar-refractivity contribution in [3.63, 3.8) is 0 Å². The molecule has 0 aromatic rings. The largest absolute Gasteiger partial charge is 1.00 e. The van der Waals surface area contributed by atoms with Crippen LogP contribution >= 0.6 is 0 Å². The number of unbranched alkanes of at least 4 members (excludes halogenated alkanes) is 7. The molecule has 0 aromatic heterocycles. The molecule has 0 saturated carbocycles. The molecule has 56 nitrogen and oxygen atoms in total. The zero-order chi connectivity index (χ0) is 98.3. The van der Waals surface area contributed by atoms with Gasteiger partial charge in [0.05, 0.1) is 117 Å². The minimum atomic E-state index is -4.78. The summed E-state index contributed by atoms with van der Waals surface area (Å²) in [5, 5.41) is 171. The molecule has 70 heteroatoms. The monoisotopic (exact) mass is 2240 g/mol. The fourth-order valence-electron chi connectivity index (χ4n) is 15.1. The topological polar surface area (TPSA) is 877 Å². The van der Waals surface area contributed by atoms with Gasteiger partial charge in [0.1, 0.15) is 171 Å². The fourth-order valence-corrected chi connectivity index (χ4v) is 19.0. The van der Waals surface area contributed by atoms with Gasteiger partial charge in [-0.05, 0) is 89.9 Å². The van der Waals surface area contributed by atoms with Crippen LogP contribution in [0.15, 0.2) is 0 Å². The molecule has 0 spiro atoms. The number of rotatable bonds is 49. The van der Waals surface area contributed by atoms with Crippen molar-refractivity contribution in [2.24, 2.45) is 0 Å². The van der Waals surface area contributed by atoms with Crippen LogP contribution in [0.2, 0.25) is 0 Å². The van der Waals surface area contributed by atoms with Crippen molar-refractivity contribution >= 4 is 70.8 Å². The summed E-state index contributed by atoms with van der Waals surface area (Å²) < 4.78 is 369. The Morgan fingerprint density at radius 2 is 0.264 bits per heavy atom. The van der Waals surface area contributed by atoms with E-state index >= 15 is 0 Å². The molecule has 21 fully saturated rings. The molecule has 35 atom stereocenters. The second-order valence-corrected chi connectivity index (χ2v) is 43.3. The van der Waals surface area contributed by atoms with Gasteiger partial charge in [0, 0.05) is 86.5 Å². The van der Waals surface area contributed by atoms with Crippen LogP contribution in [-0.4, -0.2) is 510 Å². The Bertz CT molecular complexity index is 3560. The summed E-state index contributed by atoms with van der Waals surface area (Å²) in [7, 11) is -33.4. The summed E-state index contributed by atoms with van der Waals surface area (Å²) in [4.78, 5) is 0. The molecule has 21 heterocycles. The van der Waals surface area contributed by atoms with Gasteiger partial charge in [0.25, 0.3) is 0 Å². The van der Waals surface area contributed by atoms with E-state index in [4.69, 9.17) is 99.5 Å². The molecule has 14 N–H and O–H groups in total. The summed E-state index contributed by atoms with van der Waals surface area (Å²) in [5.41, 5.74) is 0. The molecular formula is C70H119Na7O56S7. The Morgan fingerprint density at radius 1 is 0.164 bits per heavy atom. The predicted molar refractivity (Wildman–Crippen MR) is 421 cm³/mol. The molecule has 14 unspecified atom stereocenters. The van der Waals surface area contributed by atoms with Gasteiger partial charge in [-0.3, -0.25) is 0 Å². The van der Waals surface area contributed by atoms with Crippen LogP contribution in [0.4, 0.5) is 0 Å². The molecule has 0 amide bonds. The summed E-state index contributed by atoms with van der Waals surface area (Å²) >= 11 is 0. The van der Waals surface area contributed by atoms with E-state index in [9.17, 15) is 162 Å². The third-order valence-corrected chi connectivity index (χ3v) is 27.6. The van der Waals surface area contributed by atoms with Crippen molar-refractivity contribution in [1.82, 2.24) is 0 Å². The molecule has 21 aliphatic rings. The van der Waals surface area contributed by atoms with Crippen molar-refractivity contribution in [3.8, 4) is 0 Å². The van der Waals surface area contributed by atoms with Crippen molar-refractivity contribution in [1.29, 1.82) is 0 Å². The molecule has 0 aromatic carbocycles. The van der Waals surface area contributed by atoms with Crippen LogP contribution in [0, 0.1) is 0 Å². The number of hydrogen-bond donors (Lipinski definition) is 14. The molecule has 0 radical (unpaired) electrons. The molecule has 14 bridgehead atoms. The maximum absolute atomic E-state index is 12.3. The SMILES string of the molecule is O=S(=O)([O-])CCCCOCC1O[C@@H]2O[C@@H]3C(COCCCCS(=O)(=O)[O-])O[C@H](O[C@@H]4C(COCCCCS(=O)(=O)[O-])O[C@H](O[C@@H]5C(COCCCCS(=O)(=O)[O-])O[C@@H](O[C@@H]6C(COCCCCS(=O)(=O)[O-])O[C@H](O[C@@H]7C(COCCCCS(=O)(=O)[O-])O[C@H](O[C@@H]8C(COCCCCS(=O)(=O)[O-])O[C@H](O[C@H]1[C@H](O)C2O)C(O)[C@H]8O)C(O)[C@H]7O)C(O)[C@H]6O)C(O)[C@H]5O)C(O)[C@H]4O)C(O)[C@H]3O.[Na+].[Na+].[Na+].[Na+].[Na+].[Na+].[Na+]. The Hall–Kier alpha value is 4.97. The van der Waals surface area contributed by atoms with E-state index in [-0.39, 0.29) is 297 Å². The first-order valence-corrected chi connectivity index (χ1v) is 53.5. The summed E-state index contributed by atoms with van der Waals surface area (Å²) in [6.07, 6.45) is -82.0. The van der Waals surface area contributed by atoms with Crippen LogP contribution < -0.4 is 207 Å². The molecule has 21 saturated heterocycles. The molecule has 0 aliphatic carbocycles. The van der Waals surface area contributed by atoms with E-state index in [0.29, 0.717) is 0 Å². The normalized spacial score (nSPS) is 36.0. The van der Waals surface area contributed by atoms with Gasteiger partial charge >= 0.3 is 207 Å². The van der Waals surface area contributed by atoms with E-state index in [1.54, 1.807) is 0 Å². The van der Waals surface area contributed by atoms with Crippen molar-refractivity contribution in [2.45, 2.75) is 305 Å². The van der Waals surface area contributed by atoms with Crippen LogP contribution in [0.3, 0.4) is 0 Å². The Morgan fingerprint density at radius 3 is 0.357 bits per heavy atom. The van der Waals surface area contributed by atoms with Gasteiger partial charge in [0.2, 0.25) is 0 Å². The number of aliphatic hydroxyl groups is 14. The minimum Gasteiger partial charge on any atom is -0.748 e. The Labute approximate surface area is 965 Å². The smallest absolute Gasteiger partial charge is 0.748 e. The van der Waals surface area contributed by atoms with E-state index < -0.39 is 419 Å². The average molecular weight is 2240 g/mol. The van der Waals surface area contributed by atoms with Crippen LogP contribution in [0.1, 0.15) is 89.9 Å². The maximum Gasteiger partial charge on any atom is 1.00 e. The van der Waals surface area contributed by atoms with Crippen LogP contribution in [0.5, 0.6) is 0 Å². The number of ether oxygens (including phenoxy) is 21. The molecular weight excluding hydrogens is 2120 g/mol. The number of aliphatic hydroxyl groups excluding tert-OH is 14. The average Bonchev–Trinajstić information content (AvgIpc) is 0.794. The predicted octanol–water partition coefficient (Wildman–Crippen LogP) is -33.8. The van der Waals surface area contributed by atoms with E-state index in [1.165, 1.54) is 0 Å². The summed E-state index contributed by atoms with van der Waals surface area (Å²) in [6.45, 7) is -8.85. The number of hydrogen-bond acceptors (Lipinski definition) is 56. The first-order valence-electron chi connectivity index (χ1n) is 42.5. The first kappa shape index (κ1) is 143. The Balaban J connectivity index is 0.0000140. The quantitative estimate of drug-likeness (QED) is 0.0153. The van der Waals surface area contributed by atoms with E-state index in [1.807, 2.05) is 0 Å². The fraction of sp³-hybridized carbons (Fsp3) is 1.00. The molecule has 140 heavy (non-hydrogen) atoms. The van der Waals surface area contributed by atoms with Crippen molar-refractivity contribution in [2.75, 3.05) is 133 Å². The van der Waals surface area contributed by atoms with Gasteiger partial charge in [-0.1, -0.05) is 0 Å². The third kappa shape index (κ3) is 48.8. The van der Waals surface area contributed by atoms with Crippen molar-refractivity contribution < 1.29 is 469 Å². The second kappa shape index (κ2) is 68.0. The first-order chi connectivity index (χ1) is 62.2. The van der Waals surface area contributed by atoms with Crippen LogP contribution in [-0.2, 0) is 170 Å². The Kier molecular flexibility index (Phi) is 69.5. The van der Waals surface area contributed by atoms with Gasteiger partial charge in [0.15, 0.2) is 44.0 Å². The van der Waals surface area contributed by atoms with Gasteiger partial charge < -0.3 is 203 Å². The zero-order valence-corrected chi connectivity index (χ0v) is 97.9. The maximum atomic E-state index is 12.3. The van der Waals surface area contributed by atoms with Gasteiger partial charge in [-0.2, -0.15) is 0 Å². The van der Waals surface area contributed by atoms with E-state index in [2.05, 4.69) is 0 Å². The zero-order valence-electron chi connectivity index (χ0n) is 78.2.